The average Bonchev–Trinajstić information content (AvgIpc) is 3.00. The van der Waals surface area contributed by atoms with Crippen LogP contribution in [0.3, 0.4) is 0 Å². The Morgan fingerprint density at radius 3 is 2.67 bits per heavy atom. The van der Waals surface area contributed by atoms with Crippen LogP contribution in [-0.4, -0.2) is 11.0 Å². The second-order valence-corrected chi connectivity index (χ2v) is 5.54. The Morgan fingerprint density at radius 2 is 1.95 bits per heavy atom. The van der Waals surface area contributed by atoms with Crippen LogP contribution in [0.15, 0.2) is 40.4 Å². The summed E-state index contributed by atoms with van der Waals surface area (Å²) in [6.45, 7) is 0. The first-order valence-electron chi connectivity index (χ1n) is 5.92. The van der Waals surface area contributed by atoms with Crippen molar-refractivity contribution in [2.45, 2.75) is 0 Å². The van der Waals surface area contributed by atoms with E-state index in [4.69, 9.17) is 39.8 Å². The van der Waals surface area contributed by atoms with Crippen LogP contribution < -0.4 is 10.6 Å². The monoisotopic (exact) mass is 338 g/mol. The summed E-state index contributed by atoms with van der Waals surface area (Å²) < 4.78 is 5.67. The van der Waals surface area contributed by atoms with Crippen molar-refractivity contribution in [3.05, 3.63) is 51.8 Å². The van der Waals surface area contributed by atoms with Crippen LogP contribution >= 0.6 is 35.4 Å². The molecule has 21 heavy (non-hydrogen) atoms. The van der Waals surface area contributed by atoms with Gasteiger partial charge >= 0.3 is 0 Å². The molecule has 1 fully saturated rings. The van der Waals surface area contributed by atoms with Gasteiger partial charge in [-0.25, -0.2) is 0 Å². The van der Waals surface area contributed by atoms with Crippen LogP contribution in [0.4, 0.5) is 0 Å². The van der Waals surface area contributed by atoms with Crippen molar-refractivity contribution in [1.82, 2.24) is 10.6 Å². The van der Waals surface area contributed by atoms with Crippen molar-refractivity contribution in [2.75, 3.05) is 0 Å². The summed E-state index contributed by atoms with van der Waals surface area (Å²) in [5.41, 5.74) is 1.02. The quantitative estimate of drug-likeness (QED) is 0.648. The Hall–Kier alpha value is -1.82. The topological polar surface area (TPSA) is 54.3 Å². The summed E-state index contributed by atoms with van der Waals surface area (Å²) >= 11 is 16.9. The number of amides is 1. The lowest BCUT2D eigenvalue weighted by Gasteiger charge is -2.01. The number of halogens is 2. The van der Waals surface area contributed by atoms with Gasteiger partial charge in [0, 0.05) is 16.7 Å². The van der Waals surface area contributed by atoms with Crippen LogP contribution in [0.1, 0.15) is 5.76 Å². The van der Waals surface area contributed by atoms with Crippen LogP contribution in [0, 0.1) is 0 Å². The Kier molecular flexibility index (Phi) is 3.71. The van der Waals surface area contributed by atoms with E-state index in [1.165, 1.54) is 0 Å². The van der Waals surface area contributed by atoms with Crippen LogP contribution in [0.2, 0.25) is 10.0 Å². The fourth-order valence-corrected chi connectivity index (χ4v) is 2.47. The molecule has 0 atom stereocenters. The maximum Gasteiger partial charge on any atom is 0.274 e. The molecule has 1 saturated heterocycles. The maximum absolute atomic E-state index is 11.6. The fraction of sp³-hybridized carbons (Fsp3) is 0. The van der Waals surface area contributed by atoms with Gasteiger partial charge in [-0.05, 0) is 42.5 Å². The molecule has 0 bridgehead atoms. The number of benzene rings is 1. The molecule has 106 valence electrons. The van der Waals surface area contributed by atoms with Gasteiger partial charge in [0.05, 0.1) is 5.02 Å². The number of nitrogens with one attached hydrogen (secondary N) is 2. The van der Waals surface area contributed by atoms with Gasteiger partial charge in [-0.1, -0.05) is 23.2 Å². The zero-order chi connectivity index (χ0) is 15.0. The zero-order valence-corrected chi connectivity index (χ0v) is 12.8. The molecule has 7 heteroatoms. The van der Waals surface area contributed by atoms with Crippen LogP contribution in [0.25, 0.3) is 17.4 Å². The molecule has 2 aromatic rings. The minimum Gasteiger partial charge on any atom is -0.457 e. The molecule has 2 heterocycles. The van der Waals surface area contributed by atoms with Crippen LogP contribution in [0.5, 0.6) is 0 Å². The largest absolute Gasteiger partial charge is 0.457 e. The molecule has 1 aromatic carbocycles. The summed E-state index contributed by atoms with van der Waals surface area (Å²) in [6.07, 6.45) is 1.57. The van der Waals surface area contributed by atoms with E-state index in [-0.39, 0.29) is 11.0 Å². The minimum absolute atomic E-state index is 0.274. The van der Waals surface area contributed by atoms with E-state index in [0.29, 0.717) is 32.8 Å². The van der Waals surface area contributed by atoms with Gasteiger partial charge in [-0.3, -0.25) is 10.1 Å². The fourth-order valence-electron chi connectivity index (χ4n) is 1.89. The van der Waals surface area contributed by atoms with Crippen LogP contribution in [-0.2, 0) is 4.79 Å². The molecule has 0 spiro atoms. The van der Waals surface area contributed by atoms with Gasteiger partial charge in [-0.15, -0.1) is 0 Å². The summed E-state index contributed by atoms with van der Waals surface area (Å²) in [4.78, 5) is 11.6. The van der Waals surface area contributed by atoms with E-state index >= 15 is 0 Å². The van der Waals surface area contributed by atoms with Crippen molar-refractivity contribution in [3.63, 3.8) is 0 Å². The van der Waals surface area contributed by atoms with Crippen molar-refractivity contribution in [1.29, 1.82) is 0 Å². The number of furan rings is 1. The molecule has 3 rings (SSSR count). The van der Waals surface area contributed by atoms with Gasteiger partial charge in [0.25, 0.3) is 5.91 Å². The van der Waals surface area contributed by atoms with Gasteiger partial charge in [0.15, 0.2) is 5.11 Å². The number of carbonyl (C=O) groups excluding carboxylic acids is 1. The number of carbonyl (C=O) groups is 1. The van der Waals surface area contributed by atoms with E-state index in [0.717, 1.165) is 0 Å². The summed E-state index contributed by atoms with van der Waals surface area (Å²) in [6, 6.07) is 8.61. The Bertz CT molecular complexity index is 783. The summed E-state index contributed by atoms with van der Waals surface area (Å²) in [5.74, 6) is 0.775. The lowest BCUT2D eigenvalue weighted by atomic mass is 10.2. The third-order valence-electron chi connectivity index (χ3n) is 2.83. The lowest BCUT2D eigenvalue weighted by Crippen LogP contribution is -2.21. The molecule has 0 saturated carbocycles. The number of rotatable bonds is 2. The Morgan fingerprint density at radius 1 is 1.14 bits per heavy atom. The van der Waals surface area contributed by atoms with Crippen molar-refractivity contribution in [2.24, 2.45) is 0 Å². The highest BCUT2D eigenvalue weighted by atomic mass is 35.5. The molecule has 0 radical (unpaired) electrons. The van der Waals surface area contributed by atoms with E-state index in [1.54, 1.807) is 36.4 Å². The zero-order valence-electron chi connectivity index (χ0n) is 10.4. The smallest absolute Gasteiger partial charge is 0.274 e. The van der Waals surface area contributed by atoms with Crippen molar-refractivity contribution >= 4 is 52.5 Å². The highest BCUT2D eigenvalue weighted by Gasteiger charge is 2.20. The number of hydrogen-bond acceptors (Lipinski definition) is 3. The molecule has 1 aliphatic heterocycles. The van der Waals surface area contributed by atoms with E-state index in [1.807, 2.05) is 0 Å². The number of thiocarbonyl (C=S) groups is 1. The van der Waals surface area contributed by atoms with Gasteiger partial charge in [0.1, 0.15) is 17.2 Å². The molecule has 1 aromatic heterocycles. The third kappa shape index (κ3) is 2.95. The lowest BCUT2D eigenvalue weighted by molar-refractivity contribution is -0.115. The predicted octanol–water partition coefficient (Wildman–Crippen LogP) is 3.60. The standard InChI is InChI=1S/C14H8Cl2N2O2S/c15-7-1-3-10(16)9(5-7)12-4-2-8(20-12)6-11-13(19)18-14(21)17-11/h1-6H,(H2,17,18,19,21)/b11-6-. The van der Waals surface area contributed by atoms with Gasteiger partial charge in [-0.2, -0.15) is 0 Å². The first-order valence-corrected chi connectivity index (χ1v) is 7.08. The first-order chi connectivity index (χ1) is 10.0. The molecular formula is C14H8Cl2N2O2S. The van der Waals surface area contributed by atoms with E-state index < -0.39 is 0 Å². The molecule has 4 nitrogen and oxygen atoms in total. The molecule has 1 aliphatic rings. The third-order valence-corrected chi connectivity index (χ3v) is 3.60. The first kappa shape index (κ1) is 14.1. The highest BCUT2D eigenvalue weighted by Crippen LogP contribution is 2.32. The second kappa shape index (κ2) is 5.52. The Labute approximate surface area is 135 Å². The molecule has 0 aliphatic carbocycles. The molecule has 2 N–H and O–H groups in total. The van der Waals surface area contributed by atoms with E-state index in [2.05, 4.69) is 10.6 Å². The summed E-state index contributed by atoms with van der Waals surface area (Å²) in [5, 5.41) is 6.59. The SMILES string of the molecule is O=C1NC(=S)N/C1=C\c1ccc(-c2cc(Cl)ccc2Cl)o1. The van der Waals surface area contributed by atoms with Gasteiger partial charge < -0.3 is 9.73 Å². The average molecular weight is 339 g/mol. The predicted molar refractivity (Wildman–Crippen MR) is 86.0 cm³/mol. The highest BCUT2D eigenvalue weighted by molar-refractivity contribution is 7.80. The number of hydrogen-bond donors (Lipinski definition) is 2. The van der Waals surface area contributed by atoms with Crippen molar-refractivity contribution in [3.8, 4) is 11.3 Å². The van der Waals surface area contributed by atoms with Gasteiger partial charge in [0.2, 0.25) is 0 Å². The molecular weight excluding hydrogens is 331 g/mol. The maximum atomic E-state index is 11.6. The Balaban J connectivity index is 1.94. The second-order valence-electron chi connectivity index (χ2n) is 4.29. The minimum atomic E-state index is -0.293. The molecule has 1 amide bonds. The van der Waals surface area contributed by atoms with Crippen molar-refractivity contribution < 1.29 is 9.21 Å². The molecule has 0 unspecified atom stereocenters. The normalized spacial score (nSPS) is 16.2. The van der Waals surface area contributed by atoms with E-state index in [9.17, 15) is 4.79 Å². The summed E-state index contributed by atoms with van der Waals surface area (Å²) in [7, 11) is 0.